The molecule has 13 heteroatoms. The fourth-order valence-electron chi connectivity index (χ4n) is 3.64. The number of benzene rings is 1. The van der Waals surface area contributed by atoms with Gasteiger partial charge in [-0.25, -0.2) is 14.4 Å². The van der Waals surface area contributed by atoms with Crippen molar-refractivity contribution in [3.8, 4) is 6.07 Å². The van der Waals surface area contributed by atoms with Gasteiger partial charge in [-0.3, -0.25) is 4.98 Å². The Kier molecular flexibility index (Phi) is 6.05. The van der Waals surface area contributed by atoms with Crippen molar-refractivity contribution in [1.29, 1.82) is 5.26 Å². The van der Waals surface area contributed by atoms with Crippen LogP contribution in [0.25, 0.3) is 10.9 Å². The number of aromatic nitrogens is 6. The second-order valence-corrected chi connectivity index (χ2v) is 7.90. The van der Waals surface area contributed by atoms with Crippen LogP contribution < -0.4 is 10.6 Å². The molecular formula is C23H13ClF3N9. The van der Waals surface area contributed by atoms with Crippen molar-refractivity contribution in [3.63, 3.8) is 0 Å². The van der Waals surface area contributed by atoms with Gasteiger partial charge in [0.2, 0.25) is 11.9 Å². The van der Waals surface area contributed by atoms with Crippen LogP contribution in [0.15, 0.2) is 55.1 Å². The number of nitrogens with one attached hydrogen (secondary N) is 3. The van der Waals surface area contributed by atoms with Crippen LogP contribution in [0.2, 0.25) is 5.02 Å². The Morgan fingerprint density at radius 1 is 1.00 bits per heavy atom. The number of nitrogens with zero attached hydrogens (tertiary/aromatic N) is 6. The minimum Gasteiger partial charge on any atom is -0.372 e. The average molecular weight is 508 g/mol. The Morgan fingerprint density at radius 3 is 2.58 bits per heavy atom. The minimum absolute atomic E-state index is 0.102. The van der Waals surface area contributed by atoms with E-state index in [1.54, 1.807) is 24.3 Å². The molecule has 0 spiro atoms. The fraction of sp³-hybridized carbons (Fsp3) is 0.0435. The smallest absolute Gasteiger partial charge is 0.249 e. The highest BCUT2D eigenvalue weighted by molar-refractivity contribution is 6.36. The number of H-pyrrole nitrogens is 1. The highest BCUT2D eigenvalue weighted by atomic mass is 35.5. The van der Waals surface area contributed by atoms with Gasteiger partial charge < -0.3 is 10.6 Å². The van der Waals surface area contributed by atoms with Gasteiger partial charge in [0.05, 0.1) is 39.9 Å². The highest BCUT2D eigenvalue weighted by Crippen LogP contribution is 2.36. The van der Waals surface area contributed by atoms with Crippen molar-refractivity contribution in [1.82, 2.24) is 30.4 Å². The number of nitriles is 1. The predicted octanol–water partition coefficient (Wildman–Crippen LogP) is 5.03. The summed E-state index contributed by atoms with van der Waals surface area (Å²) >= 11 is 6.51. The van der Waals surface area contributed by atoms with Gasteiger partial charge in [-0.2, -0.15) is 29.5 Å². The van der Waals surface area contributed by atoms with E-state index in [9.17, 15) is 18.4 Å². The summed E-state index contributed by atoms with van der Waals surface area (Å²) in [6.07, 6.45) is 5.15. The fourth-order valence-corrected chi connectivity index (χ4v) is 3.91. The maximum Gasteiger partial charge on any atom is 0.249 e. The van der Waals surface area contributed by atoms with Crippen molar-refractivity contribution in [2.45, 2.75) is 6.04 Å². The summed E-state index contributed by atoms with van der Waals surface area (Å²) in [5.41, 5.74) is 1.81. The molecule has 0 unspecified atom stereocenters. The number of hydrogen-bond acceptors (Lipinski definition) is 8. The number of anilines is 3. The molecule has 0 radical (unpaired) electrons. The standard InChI is InChI=1S/C23H13ClF3N9/c24-16-5-12(33-21(18-10-32-36-35-18)14-2-1-3-29-22(14)26)4-15-19(11(7-28)8-30-20(15)16)34-13-6-17(25)23(27)31-9-13/h1-6,8-10,21,33H,(H,30,34)(H,32,35,36)/t21-/m0/s1. The second-order valence-electron chi connectivity index (χ2n) is 7.49. The Balaban J connectivity index is 1.63. The van der Waals surface area contributed by atoms with E-state index in [1.165, 1.54) is 18.6 Å². The van der Waals surface area contributed by atoms with Crippen molar-refractivity contribution in [2.24, 2.45) is 0 Å². The lowest BCUT2D eigenvalue weighted by Gasteiger charge is -2.20. The number of pyridine rings is 3. The highest BCUT2D eigenvalue weighted by Gasteiger charge is 2.22. The summed E-state index contributed by atoms with van der Waals surface area (Å²) in [6, 6.07) is 8.46. The Bertz CT molecular complexity index is 1620. The van der Waals surface area contributed by atoms with Gasteiger partial charge in [0, 0.05) is 35.1 Å². The molecule has 0 aliphatic heterocycles. The van der Waals surface area contributed by atoms with Crippen LogP contribution in [-0.4, -0.2) is 30.4 Å². The molecule has 0 fully saturated rings. The number of fused-ring (bicyclic) bond motifs is 1. The molecule has 9 nitrogen and oxygen atoms in total. The summed E-state index contributed by atoms with van der Waals surface area (Å²) < 4.78 is 41.6. The van der Waals surface area contributed by atoms with Gasteiger partial charge >= 0.3 is 0 Å². The predicted molar refractivity (Wildman–Crippen MR) is 125 cm³/mol. The summed E-state index contributed by atoms with van der Waals surface area (Å²) in [7, 11) is 0. The first-order valence-electron chi connectivity index (χ1n) is 10.3. The average Bonchev–Trinajstić information content (AvgIpc) is 3.40. The molecule has 5 rings (SSSR count). The zero-order chi connectivity index (χ0) is 25.2. The molecule has 0 bridgehead atoms. The van der Waals surface area contributed by atoms with Crippen molar-refractivity contribution >= 4 is 39.6 Å². The lowest BCUT2D eigenvalue weighted by atomic mass is 10.0. The Labute approximate surface area is 206 Å². The lowest BCUT2D eigenvalue weighted by molar-refractivity contribution is 0.480. The molecular weight excluding hydrogens is 495 g/mol. The van der Waals surface area contributed by atoms with Crippen molar-refractivity contribution < 1.29 is 13.2 Å². The normalized spacial score (nSPS) is 11.8. The first-order chi connectivity index (χ1) is 17.4. The number of hydrogen-bond donors (Lipinski definition) is 3. The molecule has 0 aliphatic carbocycles. The van der Waals surface area contributed by atoms with Gasteiger partial charge in [-0.15, -0.1) is 0 Å². The first-order valence-corrected chi connectivity index (χ1v) is 10.7. The van der Waals surface area contributed by atoms with Crippen LogP contribution >= 0.6 is 11.6 Å². The summed E-state index contributed by atoms with van der Waals surface area (Å²) in [5.74, 6) is -3.12. The second kappa shape index (κ2) is 9.47. The maximum atomic E-state index is 14.6. The summed E-state index contributed by atoms with van der Waals surface area (Å²) in [5, 5.41) is 26.7. The Hall–Kier alpha value is -4.76. The van der Waals surface area contributed by atoms with Gasteiger partial charge in [-0.05, 0) is 18.2 Å². The molecule has 4 aromatic heterocycles. The number of rotatable bonds is 6. The molecule has 1 aromatic carbocycles. The van der Waals surface area contributed by atoms with Crippen LogP contribution in [-0.2, 0) is 0 Å². The monoisotopic (exact) mass is 507 g/mol. The van der Waals surface area contributed by atoms with E-state index in [4.69, 9.17) is 11.6 Å². The minimum atomic E-state index is -1.25. The van der Waals surface area contributed by atoms with Gasteiger partial charge in [0.1, 0.15) is 17.8 Å². The maximum absolute atomic E-state index is 14.6. The SMILES string of the molecule is N#Cc1cnc2c(Cl)cc(N[C@H](c3cn[nH]n3)c3cccnc3F)cc2c1Nc1cnc(F)c(F)c1. The lowest BCUT2D eigenvalue weighted by Crippen LogP contribution is -2.15. The molecule has 0 saturated carbocycles. The van der Waals surface area contributed by atoms with Crippen LogP contribution in [0.1, 0.15) is 22.9 Å². The number of aromatic amines is 1. The molecule has 0 amide bonds. The van der Waals surface area contributed by atoms with E-state index in [1.807, 2.05) is 6.07 Å². The van der Waals surface area contributed by atoms with Crippen LogP contribution in [0.3, 0.4) is 0 Å². The van der Waals surface area contributed by atoms with Gasteiger partial charge in [0.15, 0.2) is 5.82 Å². The quantitative estimate of drug-likeness (QED) is 0.273. The molecule has 3 N–H and O–H groups in total. The summed E-state index contributed by atoms with van der Waals surface area (Å²) in [4.78, 5) is 11.3. The van der Waals surface area contributed by atoms with Gasteiger partial charge in [0.25, 0.3) is 0 Å². The van der Waals surface area contributed by atoms with E-state index >= 15 is 0 Å². The molecule has 0 saturated heterocycles. The van der Waals surface area contributed by atoms with E-state index in [2.05, 4.69) is 41.0 Å². The summed E-state index contributed by atoms with van der Waals surface area (Å²) in [6.45, 7) is 0. The number of halogens is 4. The molecule has 1 atom stereocenters. The zero-order valence-corrected chi connectivity index (χ0v) is 18.7. The van der Waals surface area contributed by atoms with E-state index in [0.29, 0.717) is 22.3 Å². The molecule has 4 heterocycles. The van der Waals surface area contributed by atoms with Crippen LogP contribution in [0, 0.1) is 29.0 Å². The van der Waals surface area contributed by atoms with Crippen LogP contribution in [0.4, 0.5) is 30.2 Å². The van der Waals surface area contributed by atoms with Gasteiger partial charge in [-0.1, -0.05) is 17.7 Å². The third kappa shape index (κ3) is 4.35. The third-order valence-corrected chi connectivity index (χ3v) is 5.54. The third-order valence-electron chi connectivity index (χ3n) is 5.25. The van der Waals surface area contributed by atoms with Crippen molar-refractivity contribution in [2.75, 3.05) is 10.6 Å². The molecule has 36 heavy (non-hydrogen) atoms. The molecule has 5 aromatic rings. The van der Waals surface area contributed by atoms with E-state index in [-0.39, 0.29) is 27.5 Å². The first kappa shape index (κ1) is 23.0. The van der Waals surface area contributed by atoms with Crippen LogP contribution in [0.5, 0.6) is 0 Å². The molecule has 178 valence electrons. The molecule has 0 aliphatic rings. The van der Waals surface area contributed by atoms with Crippen molar-refractivity contribution in [3.05, 3.63) is 94.7 Å². The van der Waals surface area contributed by atoms with E-state index in [0.717, 1.165) is 12.3 Å². The Morgan fingerprint density at radius 2 is 1.86 bits per heavy atom. The van der Waals surface area contributed by atoms with E-state index < -0.39 is 23.8 Å². The topological polar surface area (TPSA) is 128 Å². The largest absolute Gasteiger partial charge is 0.372 e. The zero-order valence-electron chi connectivity index (χ0n) is 18.0.